The van der Waals surface area contributed by atoms with E-state index in [0.29, 0.717) is 25.3 Å². The summed E-state index contributed by atoms with van der Waals surface area (Å²) in [5, 5.41) is 2.92. The van der Waals surface area contributed by atoms with Crippen LogP contribution in [0.3, 0.4) is 0 Å². The highest BCUT2D eigenvalue weighted by molar-refractivity contribution is 5.79. The SMILES string of the molecule is CC(C)CNC(=O)CC1(CC(N)=O)CCCC1. The van der Waals surface area contributed by atoms with E-state index >= 15 is 0 Å². The van der Waals surface area contributed by atoms with Gasteiger partial charge in [-0.3, -0.25) is 9.59 Å². The Morgan fingerprint density at radius 1 is 1.24 bits per heavy atom. The number of nitrogens with two attached hydrogens (primary N) is 1. The molecule has 1 fully saturated rings. The Balaban J connectivity index is 2.49. The fraction of sp³-hybridized carbons (Fsp3) is 0.846. The van der Waals surface area contributed by atoms with Crippen LogP contribution < -0.4 is 11.1 Å². The normalized spacial score (nSPS) is 18.3. The summed E-state index contributed by atoms with van der Waals surface area (Å²) in [6.07, 6.45) is 4.90. The van der Waals surface area contributed by atoms with Crippen LogP contribution in [-0.4, -0.2) is 18.4 Å². The molecule has 2 amide bonds. The molecule has 1 rings (SSSR count). The summed E-state index contributed by atoms with van der Waals surface area (Å²) in [4.78, 5) is 22.9. The van der Waals surface area contributed by atoms with E-state index in [2.05, 4.69) is 19.2 Å². The van der Waals surface area contributed by atoms with Crippen molar-refractivity contribution in [1.29, 1.82) is 0 Å². The van der Waals surface area contributed by atoms with Crippen molar-refractivity contribution in [2.24, 2.45) is 17.1 Å². The minimum atomic E-state index is -0.288. The van der Waals surface area contributed by atoms with Crippen molar-refractivity contribution in [1.82, 2.24) is 5.32 Å². The molecule has 0 atom stereocenters. The first-order chi connectivity index (χ1) is 7.93. The monoisotopic (exact) mass is 240 g/mol. The molecule has 98 valence electrons. The molecular formula is C13H24N2O2. The van der Waals surface area contributed by atoms with Crippen LogP contribution in [0.5, 0.6) is 0 Å². The van der Waals surface area contributed by atoms with Gasteiger partial charge in [0.25, 0.3) is 0 Å². The van der Waals surface area contributed by atoms with Gasteiger partial charge in [-0.15, -0.1) is 0 Å². The van der Waals surface area contributed by atoms with Gasteiger partial charge in [0.2, 0.25) is 11.8 Å². The summed E-state index contributed by atoms with van der Waals surface area (Å²) in [7, 11) is 0. The van der Waals surface area contributed by atoms with Gasteiger partial charge in [0, 0.05) is 19.4 Å². The Hall–Kier alpha value is -1.06. The minimum Gasteiger partial charge on any atom is -0.370 e. The molecule has 1 aliphatic carbocycles. The van der Waals surface area contributed by atoms with E-state index in [1.165, 1.54) is 0 Å². The number of hydrogen-bond donors (Lipinski definition) is 2. The molecule has 0 bridgehead atoms. The lowest BCUT2D eigenvalue weighted by atomic mass is 9.79. The largest absolute Gasteiger partial charge is 0.370 e. The molecule has 0 aromatic heterocycles. The minimum absolute atomic E-state index is 0.0573. The fourth-order valence-corrected chi connectivity index (χ4v) is 2.63. The molecule has 0 aliphatic heterocycles. The van der Waals surface area contributed by atoms with Gasteiger partial charge in [-0.1, -0.05) is 26.7 Å². The van der Waals surface area contributed by atoms with Gasteiger partial charge < -0.3 is 11.1 Å². The lowest BCUT2D eigenvalue weighted by Gasteiger charge is -2.27. The Morgan fingerprint density at radius 3 is 2.29 bits per heavy atom. The first-order valence-electron chi connectivity index (χ1n) is 6.48. The molecule has 4 heteroatoms. The standard InChI is InChI=1S/C13H24N2O2/c1-10(2)9-15-12(17)8-13(7-11(14)16)5-3-4-6-13/h10H,3-9H2,1-2H3,(H2,14,16)(H,15,17). The highest BCUT2D eigenvalue weighted by atomic mass is 16.2. The predicted molar refractivity (Wildman–Crippen MR) is 67.2 cm³/mol. The number of primary amides is 1. The van der Waals surface area contributed by atoms with Gasteiger partial charge in [0.15, 0.2) is 0 Å². The van der Waals surface area contributed by atoms with Crippen molar-refractivity contribution >= 4 is 11.8 Å². The van der Waals surface area contributed by atoms with Gasteiger partial charge >= 0.3 is 0 Å². The third-order valence-corrected chi connectivity index (χ3v) is 3.46. The predicted octanol–water partition coefficient (Wildman–Crippen LogP) is 1.58. The zero-order valence-electron chi connectivity index (χ0n) is 10.9. The molecule has 0 heterocycles. The van der Waals surface area contributed by atoms with E-state index in [1.807, 2.05) is 0 Å². The molecule has 0 aromatic rings. The van der Waals surface area contributed by atoms with Crippen LogP contribution in [-0.2, 0) is 9.59 Å². The van der Waals surface area contributed by atoms with Crippen LogP contribution in [0, 0.1) is 11.3 Å². The van der Waals surface area contributed by atoms with Gasteiger partial charge in [-0.2, -0.15) is 0 Å². The van der Waals surface area contributed by atoms with E-state index in [-0.39, 0.29) is 17.2 Å². The van der Waals surface area contributed by atoms with Gasteiger partial charge in [0.05, 0.1) is 0 Å². The average Bonchev–Trinajstić information content (AvgIpc) is 2.62. The lowest BCUT2D eigenvalue weighted by molar-refractivity contribution is -0.125. The van der Waals surface area contributed by atoms with E-state index < -0.39 is 0 Å². The smallest absolute Gasteiger partial charge is 0.220 e. The summed E-state index contributed by atoms with van der Waals surface area (Å²) >= 11 is 0. The van der Waals surface area contributed by atoms with Crippen LogP contribution in [0.2, 0.25) is 0 Å². The zero-order chi connectivity index (χ0) is 12.9. The highest BCUT2D eigenvalue weighted by Crippen LogP contribution is 2.43. The van der Waals surface area contributed by atoms with Gasteiger partial charge in [-0.25, -0.2) is 0 Å². The molecule has 3 N–H and O–H groups in total. The number of nitrogens with one attached hydrogen (secondary N) is 1. The first kappa shape index (κ1) is 14.0. The molecule has 17 heavy (non-hydrogen) atoms. The summed E-state index contributed by atoms with van der Waals surface area (Å²) < 4.78 is 0. The summed E-state index contributed by atoms with van der Waals surface area (Å²) in [6.45, 7) is 4.83. The average molecular weight is 240 g/mol. The van der Waals surface area contributed by atoms with Gasteiger partial charge in [0.1, 0.15) is 0 Å². The van der Waals surface area contributed by atoms with Crippen LogP contribution in [0.4, 0.5) is 0 Å². The Kier molecular flexibility index (Phi) is 4.97. The van der Waals surface area contributed by atoms with Crippen molar-refractivity contribution in [3.05, 3.63) is 0 Å². The second kappa shape index (κ2) is 6.03. The number of hydrogen-bond acceptors (Lipinski definition) is 2. The molecule has 1 aliphatic rings. The van der Waals surface area contributed by atoms with Crippen molar-refractivity contribution in [2.45, 2.75) is 52.4 Å². The Morgan fingerprint density at radius 2 is 1.82 bits per heavy atom. The second-order valence-electron chi connectivity index (χ2n) is 5.72. The van der Waals surface area contributed by atoms with Crippen molar-refractivity contribution in [3.8, 4) is 0 Å². The van der Waals surface area contributed by atoms with E-state index in [0.717, 1.165) is 25.7 Å². The number of rotatable bonds is 6. The molecule has 0 radical (unpaired) electrons. The van der Waals surface area contributed by atoms with Crippen molar-refractivity contribution in [3.63, 3.8) is 0 Å². The van der Waals surface area contributed by atoms with Gasteiger partial charge in [-0.05, 0) is 24.2 Å². The van der Waals surface area contributed by atoms with Crippen molar-refractivity contribution < 1.29 is 9.59 Å². The maximum atomic E-state index is 11.8. The first-order valence-corrected chi connectivity index (χ1v) is 6.48. The lowest BCUT2D eigenvalue weighted by Crippen LogP contribution is -2.34. The number of amides is 2. The highest BCUT2D eigenvalue weighted by Gasteiger charge is 2.37. The molecule has 0 saturated heterocycles. The third kappa shape index (κ3) is 4.75. The van der Waals surface area contributed by atoms with E-state index in [9.17, 15) is 9.59 Å². The summed E-state index contributed by atoms with van der Waals surface area (Å²) in [6, 6.07) is 0. The number of carbonyl (C=O) groups is 2. The molecular weight excluding hydrogens is 216 g/mol. The fourth-order valence-electron chi connectivity index (χ4n) is 2.63. The second-order valence-corrected chi connectivity index (χ2v) is 5.72. The zero-order valence-corrected chi connectivity index (χ0v) is 10.9. The summed E-state index contributed by atoms with van der Waals surface area (Å²) in [5.74, 6) is 0.222. The van der Waals surface area contributed by atoms with Crippen molar-refractivity contribution in [2.75, 3.05) is 6.54 Å². The Bertz CT molecular complexity index is 281. The van der Waals surface area contributed by atoms with E-state index in [4.69, 9.17) is 5.73 Å². The molecule has 4 nitrogen and oxygen atoms in total. The van der Waals surface area contributed by atoms with Crippen LogP contribution in [0.15, 0.2) is 0 Å². The van der Waals surface area contributed by atoms with Crippen LogP contribution in [0.25, 0.3) is 0 Å². The molecule has 1 saturated carbocycles. The Labute approximate surface area is 103 Å². The maximum Gasteiger partial charge on any atom is 0.220 e. The number of carbonyl (C=O) groups excluding carboxylic acids is 2. The molecule has 0 spiro atoms. The summed E-state index contributed by atoms with van der Waals surface area (Å²) in [5.41, 5.74) is 5.12. The third-order valence-electron chi connectivity index (χ3n) is 3.46. The molecule has 0 aromatic carbocycles. The topological polar surface area (TPSA) is 72.2 Å². The maximum absolute atomic E-state index is 11.8. The molecule has 0 unspecified atom stereocenters. The van der Waals surface area contributed by atoms with Crippen LogP contribution in [0.1, 0.15) is 52.4 Å². The quantitative estimate of drug-likeness (QED) is 0.740. The van der Waals surface area contributed by atoms with Crippen LogP contribution >= 0.6 is 0 Å². The van der Waals surface area contributed by atoms with E-state index in [1.54, 1.807) is 0 Å².